The number of methoxy groups -OCH3 is 1. The smallest absolute Gasteiger partial charge is 0.242 e. The predicted molar refractivity (Wildman–Crippen MR) is 90.9 cm³/mol. The van der Waals surface area contributed by atoms with Crippen LogP contribution in [0.15, 0.2) is 47.2 Å². The number of oxazole rings is 1. The molecule has 0 amide bonds. The molecule has 0 saturated heterocycles. The zero-order chi connectivity index (χ0) is 16.8. The average molecular weight is 325 g/mol. The Labute approximate surface area is 140 Å². The topological polar surface area (TPSA) is 62.3 Å². The summed E-state index contributed by atoms with van der Waals surface area (Å²) in [4.78, 5) is 4.35. The molecule has 0 bridgehead atoms. The normalized spacial score (nSPS) is 11.2. The molecule has 0 N–H and O–H groups in total. The second-order valence-electron chi connectivity index (χ2n) is 5.07. The lowest BCUT2D eigenvalue weighted by atomic mass is 10.3. The zero-order valence-corrected chi connectivity index (χ0v) is 13.7. The number of hydrogen-bond acceptors (Lipinski definition) is 5. The fourth-order valence-electron chi connectivity index (χ4n) is 2.16. The SMILES string of the molecule is CCc1nc(/C=C\c2cn(-c3ccccc3)nc2OCOC)co1. The van der Waals surface area contributed by atoms with E-state index in [0.717, 1.165) is 23.4 Å². The molecule has 0 spiro atoms. The highest BCUT2D eigenvalue weighted by atomic mass is 16.7. The number of hydrogen-bond donors (Lipinski definition) is 0. The molecule has 124 valence electrons. The fourth-order valence-corrected chi connectivity index (χ4v) is 2.16. The van der Waals surface area contributed by atoms with Gasteiger partial charge in [0.1, 0.15) is 12.0 Å². The van der Waals surface area contributed by atoms with E-state index in [0.29, 0.717) is 11.8 Å². The number of ether oxygens (including phenoxy) is 2. The maximum atomic E-state index is 5.55. The van der Waals surface area contributed by atoms with Gasteiger partial charge in [0, 0.05) is 19.7 Å². The number of rotatable bonds is 7. The van der Waals surface area contributed by atoms with Crippen LogP contribution in [-0.4, -0.2) is 28.7 Å². The Hall–Kier alpha value is -2.86. The lowest BCUT2D eigenvalue weighted by Crippen LogP contribution is -2.01. The second kappa shape index (κ2) is 7.61. The fraction of sp³-hybridized carbons (Fsp3) is 0.222. The van der Waals surface area contributed by atoms with Crippen LogP contribution >= 0.6 is 0 Å². The molecule has 0 aliphatic rings. The first-order valence-electron chi connectivity index (χ1n) is 7.69. The molecule has 0 fully saturated rings. The molecule has 0 radical (unpaired) electrons. The minimum absolute atomic E-state index is 0.136. The molecule has 6 nitrogen and oxygen atoms in total. The van der Waals surface area contributed by atoms with Crippen LogP contribution in [-0.2, 0) is 11.2 Å². The Balaban J connectivity index is 1.88. The Morgan fingerprint density at radius 2 is 2.04 bits per heavy atom. The third kappa shape index (κ3) is 3.72. The van der Waals surface area contributed by atoms with Crippen molar-refractivity contribution in [2.45, 2.75) is 13.3 Å². The van der Waals surface area contributed by atoms with Crippen molar-refractivity contribution in [1.82, 2.24) is 14.8 Å². The van der Waals surface area contributed by atoms with Gasteiger partial charge < -0.3 is 13.9 Å². The van der Waals surface area contributed by atoms with E-state index < -0.39 is 0 Å². The number of aromatic nitrogens is 3. The molecule has 0 saturated carbocycles. The average Bonchev–Trinajstić information content (AvgIpc) is 3.25. The number of nitrogens with zero attached hydrogens (tertiary/aromatic N) is 3. The van der Waals surface area contributed by atoms with Crippen molar-refractivity contribution in [2.75, 3.05) is 13.9 Å². The highest BCUT2D eigenvalue weighted by Gasteiger charge is 2.09. The van der Waals surface area contributed by atoms with Crippen LogP contribution in [0.5, 0.6) is 5.88 Å². The highest BCUT2D eigenvalue weighted by molar-refractivity contribution is 5.70. The minimum atomic E-state index is 0.136. The molecule has 2 heterocycles. The van der Waals surface area contributed by atoms with Crippen molar-refractivity contribution in [3.05, 3.63) is 59.9 Å². The first kappa shape index (κ1) is 16.0. The van der Waals surface area contributed by atoms with E-state index in [1.165, 1.54) is 0 Å². The van der Waals surface area contributed by atoms with Crippen LogP contribution in [0.3, 0.4) is 0 Å². The monoisotopic (exact) mass is 325 g/mol. The van der Waals surface area contributed by atoms with Crippen LogP contribution in [0.2, 0.25) is 0 Å². The molecule has 0 atom stereocenters. The van der Waals surface area contributed by atoms with Crippen LogP contribution in [0.1, 0.15) is 24.1 Å². The predicted octanol–water partition coefficient (Wildman–Crippen LogP) is 3.58. The van der Waals surface area contributed by atoms with Gasteiger partial charge >= 0.3 is 0 Å². The molecule has 24 heavy (non-hydrogen) atoms. The molecular weight excluding hydrogens is 306 g/mol. The van der Waals surface area contributed by atoms with Gasteiger partial charge in [-0.05, 0) is 24.3 Å². The third-order valence-electron chi connectivity index (χ3n) is 3.35. The third-order valence-corrected chi connectivity index (χ3v) is 3.35. The van der Waals surface area contributed by atoms with Crippen molar-refractivity contribution < 1.29 is 13.9 Å². The summed E-state index contributed by atoms with van der Waals surface area (Å²) < 4.78 is 17.6. The second-order valence-corrected chi connectivity index (χ2v) is 5.07. The zero-order valence-electron chi connectivity index (χ0n) is 13.7. The van der Waals surface area contributed by atoms with Crippen LogP contribution in [0, 0.1) is 0 Å². The van der Waals surface area contributed by atoms with Gasteiger partial charge in [-0.3, -0.25) is 0 Å². The standard InChI is InChI=1S/C18H19N3O3/c1-3-17-19-15(12-23-17)10-9-14-11-21(16-7-5-4-6-8-16)20-18(14)24-13-22-2/h4-12H,3,13H2,1-2H3/b10-9-. The van der Waals surface area contributed by atoms with E-state index in [2.05, 4.69) is 10.1 Å². The lowest BCUT2D eigenvalue weighted by Gasteiger charge is -2.01. The van der Waals surface area contributed by atoms with Crippen LogP contribution in [0.4, 0.5) is 0 Å². The van der Waals surface area contributed by atoms with Crippen molar-refractivity contribution in [1.29, 1.82) is 0 Å². The van der Waals surface area contributed by atoms with E-state index >= 15 is 0 Å². The number of para-hydroxylation sites is 1. The maximum absolute atomic E-state index is 5.55. The largest absolute Gasteiger partial charge is 0.449 e. The summed E-state index contributed by atoms with van der Waals surface area (Å²) in [5, 5.41) is 4.47. The Kier molecular flexibility index (Phi) is 5.08. The van der Waals surface area contributed by atoms with Gasteiger partial charge in [0.05, 0.1) is 11.3 Å². The van der Waals surface area contributed by atoms with Gasteiger partial charge in [-0.2, -0.15) is 0 Å². The summed E-state index contributed by atoms with van der Waals surface area (Å²) >= 11 is 0. The Morgan fingerprint density at radius 1 is 1.21 bits per heavy atom. The van der Waals surface area contributed by atoms with Gasteiger partial charge in [-0.1, -0.05) is 25.1 Å². The summed E-state index contributed by atoms with van der Waals surface area (Å²) in [5.41, 5.74) is 2.54. The molecule has 0 aliphatic carbocycles. The number of benzene rings is 1. The molecule has 0 aliphatic heterocycles. The first-order chi connectivity index (χ1) is 11.8. The van der Waals surface area contributed by atoms with E-state index in [-0.39, 0.29) is 6.79 Å². The van der Waals surface area contributed by atoms with Crippen LogP contribution < -0.4 is 4.74 Å². The molecule has 3 rings (SSSR count). The quantitative estimate of drug-likeness (QED) is 0.621. The van der Waals surface area contributed by atoms with Gasteiger partial charge in [0.15, 0.2) is 12.7 Å². The highest BCUT2D eigenvalue weighted by Crippen LogP contribution is 2.21. The van der Waals surface area contributed by atoms with Gasteiger partial charge in [-0.25, -0.2) is 9.67 Å². The van der Waals surface area contributed by atoms with E-state index in [9.17, 15) is 0 Å². The van der Waals surface area contributed by atoms with Crippen molar-refractivity contribution >= 4 is 12.2 Å². The minimum Gasteiger partial charge on any atom is -0.449 e. The summed E-state index contributed by atoms with van der Waals surface area (Å²) in [6.07, 6.45) is 8.07. The molecule has 2 aromatic heterocycles. The summed E-state index contributed by atoms with van der Waals surface area (Å²) in [6.45, 7) is 2.14. The maximum Gasteiger partial charge on any atom is 0.242 e. The van der Waals surface area contributed by atoms with Crippen molar-refractivity contribution in [2.24, 2.45) is 0 Å². The summed E-state index contributed by atoms with van der Waals surface area (Å²) in [6, 6.07) is 9.84. The molecule has 0 unspecified atom stereocenters. The summed E-state index contributed by atoms with van der Waals surface area (Å²) in [7, 11) is 1.57. The molecular formula is C18H19N3O3. The van der Waals surface area contributed by atoms with Gasteiger partial charge in [0.2, 0.25) is 5.88 Å². The van der Waals surface area contributed by atoms with Gasteiger partial charge in [0.25, 0.3) is 0 Å². The van der Waals surface area contributed by atoms with Crippen molar-refractivity contribution in [3.63, 3.8) is 0 Å². The summed E-state index contributed by atoms with van der Waals surface area (Å²) in [5.74, 6) is 1.21. The molecule has 1 aromatic carbocycles. The van der Waals surface area contributed by atoms with E-state index in [4.69, 9.17) is 13.9 Å². The lowest BCUT2D eigenvalue weighted by molar-refractivity contribution is 0.0474. The molecule has 6 heteroatoms. The van der Waals surface area contributed by atoms with E-state index in [1.807, 2.05) is 55.6 Å². The van der Waals surface area contributed by atoms with E-state index in [1.54, 1.807) is 18.1 Å². The number of aryl methyl sites for hydroxylation is 1. The van der Waals surface area contributed by atoms with Crippen LogP contribution in [0.25, 0.3) is 17.8 Å². The Morgan fingerprint density at radius 3 is 2.75 bits per heavy atom. The Bertz CT molecular complexity index is 806. The molecule has 3 aromatic rings. The van der Waals surface area contributed by atoms with Gasteiger partial charge in [-0.15, -0.1) is 5.10 Å². The first-order valence-corrected chi connectivity index (χ1v) is 7.69. The van der Waals surface area contributed by atoms with Crippen molar-refractivity contribution in [3.8, 4) is 11.6 Å².